The largest absolute Gasteiger partial charge is 0.0757 e. The second kappa shape index (κ2) is 8.66. The van der Waals surface area contributed by atoms with Crippen molar-refractivity contribution in [2.75, 3.05) is 0 Å². The minimum absolute atomic E-state index is 0.202. The molecular formula is C24H50S3. The zero-order valence-electron chi connectivity index (χ0n) is 21.4. The fraction of sp³-hybridized carbons (Fsp3) is 1.00. The van der Waals surface area contributed by atoms with Crippen molar-refractivity contribution in [2.45, 2.75) is 120 Å². The highest BCUT2D eigenvalue weighted by atomic mass is 33.5. The van der Waals surface area contributed by atoms with Gasteiger partial charge in [0.25, 0.3) is 0 Å². The van der Waals surface area contributed by atoms with Crippen LogP contribution in [-0.4, -0.2) is 9.49 Å². The molecule has 27 heavy (non-hydrogen) atoms. The molecule has 0 aliphatic heterocycles. The lowest BCUT2D eigenvalue weighted by molar-refractivity contribution is 0.0757. The summed E-state index contributed by atoms with van der Waals surface area (Å²) < 4.78 is 0.403. The van der Waals surface area contributed by atoms with E-state index in [4.69, 9.17) is 0 Å². The normalized spacial score (nSPS) is 17.8. The predicted octanol–water partition coefficient (Wildman–Crippen LogP) is 9.99. The zero-order chi connectivity index (χ0) is 22.3. The van der Waals surface area contributed by atoms with E-state index < -0.39 is 0 Å². The van der Waals surface area contributed by atoms with Gasteiger partial charge in [-0.25, -0.2) is 0 Å². The molecule has 0 aliphatic carbocycles. The Morgan fingerprint density at radius 3 is 0.852 bits per heavy atom. The van der Waals surface area contributed by atoms with E-state index >= 15 is 0 Å². The van der Waals surface area contributed by atoms with Crippen molar-refractivity contribution < 1.29 is 0 Å². The molecule has 0 spiro atoms. The zero-order valence-corrected chi connectivity index (χ0v) is 23.8. The molecule has 0 rings (SSSR count). The average Bonchev–Trinajstić information content (AvgIpc) is 2.42. The van der Waals surface area contributed by atoms with Gasteiger partial charge in [-0.05, 0) is 71.0 Å². The lowest BCUT2D eigenvalue weighted by Gasteiger charge is -2.51. The molecule has 164 valence electrons. The van der Waals surface area contributed by atoms with E-state index in [1.807, 2.05) is 9.83 Å². The monoisotopic (exact) mass is 434 g/mol. The van der Waals surface area contributed by atoms with Crippen molar-refractivity contribution in [3.05, 3.63) is 0 Å². The first-order valence-electron chi connectivity index (χ1n) is 10.6. The van der Waals surface area contributed by atoms with Gasteiger partial charge in [-0.2, -0.15) is 0 Å². The van der Waals surface area contributed by atoms with Crippen LogP contribution in [0.1, 0.15) is 111 Å². The molecule has 0 aromatic carbocycles. The molecule has 0 aromatic heterocycles. The van der Waals surface area contributed by atoms with Crippen LogP contribution in [0.25, 0.3) is 0 Å². The standard InChI is InChI=1S/C24H50S3/c1-17(19(3,4)5)21(9,10)23(13,14)25-27-26-24(15,16)22(11,12)18(2)20(6,7)8/h17-18H,1-16H3. The van der Waals surface area contributed by atoms with E-state index in [9.17, 15) is 0 Å². The van der Waals surface area contributed by atoms with E-state index in [0.717, 1.165) is 0 Å². The van der Waals surface area contributed by atoms with Gasteiger partial charge in [0.2, 0.25) is 0 Å². The summed E-state index contributed by atoms with van der Waals surface area (Å²) in [7, 11) is 6.15. The van der Waals surface area contributed by atoms with Gasteiger partial charge in [0, 0.05) is 9.49 Å². The van der Waals surface area contributed by atoms with Crippen LogP contribution in [0.5, 0.6) is 0 Å². The Kier molecular flexibility index (Phi) is 8.99. The summed E-state index contributed by atoms with van der Waals surface area (Å²) in [5.41, 5.74) is 1.15. The van der Waals surface area contributed by atoms with Crippen molar-refractivity contribution in [3.63, 3.8) is 0 Å². The summed E-state index contributed by atoms with van der Waals surface area (Å²) in [5, 5.41) is 0. The summed E-state index contributed by atoms with van der Waals surface area (Å²) in [5.74, 6) is 1.28. The van der Waals surface area contributed by atoms with E-state index in [-0.39, 0.29) is 20.3 Å². The van der Waals surface area contributed by atoms with Crippen LogP contribution >= 0.6 is 31.4 Å². The van der Waals surface area contributed by atoms with Crippen molar-refractivity contribution >= 4 is 31.4 Å². The Labute approximate surface area is 184 Å². The average molecular weight is 435 g/mol. The highest BCUT2D eigenvalue weighted by molar-refractivity contribution is 9.09. The Hall–Kier alpha value is 1.05. The molecule has 0 bridgehead atoms. The molecule has 0 radical (unpaired) electrons. The number of rotatable bonds is 8. The van der Waals surface area contributed by atoms with Crippen molar-refractivity contribution in [1.82, 2.24) is 0 Å². The maximum atomic E-state index is 2.46. The predicted molar refractivity (Wildman–Crippen MR) is 136 cm³/mol. The van der Waals surface area contributed by atoms with E-state index in [1.54, 1.807) is 0 Å². The van der Waals surface area contributed by atoms with E-state index in [0.29, 0.717) is 22.7 Å². The lowest BCUT2D eigenvalue weighted by Crippen LogP contribution is -2.46. The van der Waals surface area contributed by atoms with E-state index in [2.05, 4.69) is 132 Å². The van der Waals surface area contributed by atoms with Gasteiger partial charge in [0.15, 0.2) is 0 Å². The van der Waals surface area contributed by atoms with Crippen LogP contribution in [0, 0.1) is 33.5 Å². The molecule has 0 heterocycles. The molecule has 0 fully saturated rings. The summed E-state index contributed by atoms with van der Waals surface area (Å²) in [6.45, 7) is 38.7. The molecule has 3 heteroatoms. The maximum Gasteiger partial charge on any atom is 0.0269 e. The first-order chi connectivity index (χ1) is 11.5. The summed E-state index contributed by atoms with van der Waals surface area (Å²) in [6.07, 6.45) is 0. The molecule has 0 amide bonds. The third-order valence-corrected chi connectivity index (χ3v) is 14.5. The van der Waals surface area contributed by atoms with Gasteiger partial charge in [-0.1, -0.05) is 105 Å². The first kappa shape index (κ1) is 28.1. The highest BCUT2D eigenvalue weighted by Gasteiger charge is 2.48. The molecule has 2 unspecified atom stereocenters. The fourth-order valence-corrected chi connectivity index (χ4v) is 10.5. The molecular weight excluding hydrogens is 384 g/mol. The first-order valence-corrected chi connectivity index (χ1v) is 14.0. The third kappa shape index (κ3) is 6.51. The van der Waals surface area contributed by atoms with Gasteiger partial charge in [0.05, 0.1) is 0 Å². The Balaban J connectivity index is 5.23. The van der Waals surface area contributed by atoms with Crippen LogP contribution in [0.4, 0.5) is 0 Å². The summed E-state index contributed by atoms with van der Waals surface area (Å²) in [4.78, 5) is 0. The van der Waals surface area contributed by atoms with Gasteiger partial charge >= 0.3 is 0 Å². The van der Waals surface area contributed by atoms with Gasteiger partial charge < -0.3 is 0 Å². The molecule has 2 atom stereocenters. The van der Waals surface area contributed by atoms with Crippen LogP contribution in [0.15, 0.2) is 0 Å². The highest BCUT2D eigenvalue weighted by Crippen LogP contribution is 2.62. The minimum Gasteiger partial charge on any atom is -0.0757 e. The maximum absolute atomic E-state index is 2.46. The minimum atomic E-state index is 0.202. The second-order valence-electron chi connectivity index (χ2n) is 12.9. The van der Waals surface area contributed by atoms with Gasteiger partial charge in [-0.3, -0.25) is 0 Å². The quantitative estimate of drug-likeness (QED) is 0.349. The van der Waals surface area contributed by atoms with Crippen LogP contribution in [0.2, 0.25) is 0 Å². The fourth-order valence-electron chi connectivity index (χ4n) is 3.61. The second-order valence-corrected chi connectivity index (χ2v) is 18.0. The van der Waals surface area contributed by atoms with Gasteiger partial charge in [0.1, 0.15) is 0 Å². The van der Waals surface area contributed by atoms with Crippen LogP contribution < -0.4 is 0 Å². The molecule has 0 aliphatic rings. The Morgan fingerprint density at radius 1 is 0.444 bits per heavy atom. The van der Waals surface area contributed by atoms with Crippen LogP contribution in [-0.2, 0) is 0 Å². The van der Waals surface area contributed by atoms with Crippen molar-refractivity contribution in [3.8, 4) is 0 Å². The van der Waals surface area contributed by atoms with Crippen molar-refractivity contribution in [1.29, 1.82) is 0 Å². The topological polar surface area (TPSA) is 0 Å². The molecule has 0 N–H and O–H groups in total. The smallest absolute Gasteiger partial charge is 0.0269 e. The molecule has 0 saturated heterocycles. The van der Waals surface area contributed by atoms with E-state index in [1.165, 1.54) is 0 Å². The number of hydrogen-bond donors (Lipinski definition) is 0. The van der Waals surface area contributed by atoms with Crippen molar-refractivity contribution in [2.24, 2.45) is 33.5 Å². The third-order valence-electron chi connectivity index (χ3n) is 8.35. The molecule has 0 nitrogen and oxygen atoms in total. The molecule has 0 saturated carbocycles. The SMILES string of the molecule is CC(C(C)(C)C)C(C)(C)C(C)(C)SSSC(C)(C)C(C)(C)C(C)C(C)(C)C. The molecule has 0 aromatic rings. The number of hydrogen-bond acceptors (Lipinski definition) is 3. The van der Waals surface area contributed by atoms with Gasteiger partial charge in [-0.15, -0.1) is 0 Å². The summed E-state index contributed by atoms with van der Waals surface area (Å²) in [6, 6.07) is 0. The van der Waals surface area contributed by atoms with Crippen LogP contribution in [0.3, 0.4) is 0 Å². The lowest BCUT2D eigenvalue weighted by atomic mass is 9.62. The Morgan fingerprint density at radius 2 is 0.667 bits per heavy atom. The Bertz CT molecular complexity index is 429. The summed E-state index contributed by atoms with van der Waals surface area (Å²) >= 11 is 0.